The summed E-state index contributed by atoms with van der Waals surface area (Å²) < 4.78 is 5.38. The van der Waals surface area contributed by atoms with Crippen LogP contribution < -0.4 is 10.9 Å². The second-order valence-corrected chi connectivity index (χ2v) is 5.92. The number of nitrogens with zero attached hydrogens (tertiary/aromatic N) is 1. The fourth-order valence-electron chi connectivity index (χ4n) is 2.14. The minimum Gasteiger partial charge on any atom is -0.444 e. The largest absolute Gasteiger partial charge is 0.444 e. The maximum Gasteiger partial charge on any atom is 0.410 e. The Labute approximate surface area is 118 Å². The predicted molar refractivity (Wildman–Crippen MR) is 75.6 cm³/mol. The summed E-state index contributed by atoms with van der Waals surface area (Å²) in [5.74, 6) is 0. The van der Waals surface area contributed by atoms with Gasteiger partial charge in [0.1, 0.15) is 5.60 Å². The topological polar surface area (TPSA) is 74.4 Å². The molecule has 1 amide bonds. The molecule has 1 atom stereocenters. The van der Waals surface area contributed by atoms with Crippen LogP contribution in [0.3, 0.4) is 0 Å². The molecule has 1 aliphatic heterocycles. The number of amides is 1. The molecule has 1 fully saturated rings. The number of hydrogen-bond donors (Lipinski definition) is 2. The van der Waals surface area contributed by atoms with E-state index < -0.39 is 5.60 Å². The van der Waals surface area contributed by atoms with Crippen LogP contribution in [0, 0.1) is 0 Å². The molecule has 1 saturated heterocycles. The molecular formula is C14H21N3O3. The summed E-state index contributed by atoms with van der Waals surface area (Å²) in [4.78, 5) is 27.7. The Morgan fingerprint density at radius 2 is 2.20 bits per heavy atom. The number of ether oxygens (including phenoxy) is 1. The molecule has 0 aliphatic carbocycles. The van der Waals surface area contributed by atoms with E-state index in [-0.39, 0.29) is 17.7 Å². The molecular weight excluding hydrogens is 258 g/mol. The molecule has 1 aliphatic rings. The molecule has 1 unspecified atom stereocenters. The zero-order valence-electron chi connectivity index (χ0n) is 12.1. The van der Waals surface area contributed by atoms with Gasteiger partial charge in [0.25, 0.3) is 0 Å². The van der Waals surface area contributed by atoms with Crippen LogP contribution in [-0.4, -0.2) is 41.2 Å². The Kier molecular flexibility index (Phi) is 4.13. The van der Waals surface area contributed by atoms with Gasteiger partial charge in [-0.15, -0.1) is 0 Å². The summed E-state index contributed by atoms with van der Waals surface area (Å²) in [6.45, 7) is 7.33. The molecule has 1 aromatic heterocycles. The van der Waals surface area contributed by atoms with Crippen molar-refractivity contribution in [2.45, 2.75) is 32.4 Å². The standard InChI is InChI=1S/C14H21N3O3/c1-14(2,3)20-13(19)17-7-6-15-11(9-17)10-4-5-16-12(18)8-10/h4-5,8,11,15H,6-7,9H2,1-3H3,(H,16,18). The van der Waals surface area contributed by atoms with E-state index >= 15 is 0 Å². The SMILES string of the molecule is CC(C)(C)OC(=O)N1CCNC(c2cc[nH]c(=O)c2)C1. The average molecular weight is 279 g/mol. The number of nitrogens with one attached hydrogen (secondary N) is 2. The number of aromatic amines is 1. The second-order valence-electron chi connectivity index (χ2n) is 5.92. The van der Waals surface area contributed by atoms with Crippen LogP contribution in [0.5, 0.6) is 0 Å². The Morgan fingerprint density at radius 1 is 1.45 bits per heavy atom. The highest BCUT2D eigenvalue weighted by molar-refractivity contribution is 5.68. The van der Waals surface area contributed by atoms with Crippen LogP contribution >= 0.6 is 0 Å². The first-order valence-electron chi connectivity index (χ1n) is 6.75. The fourth-order valence-corrected chi connectivity index (χ4v) is 2.14. The normalized spacial score (nSPS) is 19.8. The summed E-state index contributed by atoms with van der Waals surface area (Å²) >= 11 is 0. The van der Waals surface area contributed by atoms with Crippen molar-refractivity contribution in [2.24, 2.45) is 0 Å². The Morgan fingerprint density at radius 3 is 2.85 bits per heavy atom. The van der Waals surface area contributed by atoms with Crippen LogP contribution in [0.25, 0.3) is 0 Å². The highest BCUT2D eigenvalue weighted by atomic mass is 16.6. The van der Waals surface area contributed by atoms with Crippen LogP contribution in [0.15, 0.2) is 23.1 Å². The summed E-state index contributed by atoms with van der Waals surface area (Å²) in [6, 6.07) is 3.35. The number of H-pyrrole nitrogens is 1. The molecule has 0 spiro atoms. The van der Waals surface area contributed by atoms with Gasteiger partial charge in [0.05, 0.1) is 6.04 Å². The molecule has 2 rings (SSSR count). The second kappa shape index (κ2) is 5.66. The van der Waals surface area contributed by atoms with E-state index in [0.29, 0.717) is 19.6 Å². The number of carbonyl (C=O) groups excluding carboxylic acids is 1. The van der Waals surface area contributed by atoms with E-state index in [1.165, 1.54) is 0 Å². The molecule has 6 heteroatoms. The molecule has 0 bridgehead atoms. The summed E-state index contributed by atoms with van der Waals surface area (Å²) in [5, 5.41) is 3.31. The minimum atomic E-state index is -0.499. The van der Waals surface area contributed by atoms with Crippen molar-refractivity contribution in [2.75, 3.05) is 19.6 Å². The van der Waals surface area contributed by atoms with Crippen LogP contribution in [-0.2, 0) is 4.74 Å². The van der Waals surface area contributed by atoms with Crippen LogP contribution in [0.4, 0.5) is 4.79 Å². The van der Waals surface area contributed by atoms with Crippen molar-refractivity contribution >= 4 is 6.09 Å². The third-order valence-corrected chi connectivity index (χ3v) is 3.03. The lowest BCUT2D eigenvalue weighted by atomic mass is 10.1. The van der Waals surface area contributed by atoms with Crippen molar-refractivity contribution in [1.29, 1.82) is 0 Å². The highest BCUT2D eigenvalue weighted by Gasteiger charge is 2.28. The van der Waals surface area contributed by atoms with E-state index in [1.807, 2.05) is 26.8 Å². The summed E-state index contributed by atoms with van der Waals surface area (Å²) in [6.07, 6.45) is 1.31. The molecule has 20 heavy (non-hydrogen) atoms. The lowest BCUT2D eigenvalue weighted by Gasteiger charge is -2.35. The molecule has 0 aromatic carbocycles. The van der Waals surface area contributed by atoms with Crippen molar-refractivity contribution in [1.82, 2.24) is 15.2 Å². The monoisotopic (exact) mass is 279 g/mol. The van der Waals surface area contributed by atoms with Gasteiger partial charge in [-0.3, -0.25) is 4.79 Å². The zero-order chi connectivity index (χ0) is 14.8. The van der Waals surface area contributed by atoms with E-state index in [2.05, 4.69) is 10.3 Å². The van der Waals surface area contributed by atoms with E-state index in [1.54, 1.807) is 17.2 Å². The molecule has 6 nitrogen and oxygen atoms in total. The number of carbonyl (C=O) groups is 1. The van der Waals surface area contributed by atoms with E-state index in [9.17, 15) is 9.59 Å². The molecule has 0 saturated carbocycles. The zero-order valence-corrected chi connectivity index (χ0v) is 12.1. The van der Waals surface area contributed by atoms with Crippen molar-refractivity contribution in [3.05, 3.63) is 34.2 Å². The summed E-state index contributed by atoms with van der Waals surface area (Å²) in [5.41, 5.74) is 0.238. The van der Waals surface area contributed by atoms with Crippen molar-refractivity contribution in [3.63, 3.8) is 0 Å². The first-order valence-corrected chi connectivity index (χ1v) is 6.75. The quantitative estimate of drug-likeness (QED) is 0.811. The maximum absolute atomic E-state index is 12.1. The van der Waals surface area contributed by atoms with Gasteiger partial charge in [-0.1, -0.05) is 0 Å². The van der Waals surface area contributed by atoms with Crippen LogP contribution in [0.2, 0.25) is 0 Å². The van der Waals surface area contributed by atoms with Gasteiger partial charge < -0.3 is 19.9 Å². The third kappa shape index (κ3) is 3.84. The van der Waals surface area contributed by atoms with Gasteiger partial charge in [-0.05, 0) is 32.4 Å². The van der Waals surface area contributed by atoms with Crippen molar-refractivity contribution < 1.29 is 9.53 Å². The van der Waals surface area contributed by atoms with Crippen LogP contribution in [0.1, 0.15) is 32.4 Å². The van der Waals surface area contributed by atoms with Gasteiger partial charge in [-0.2, -0.15) is 0 Å². The Hall–Kier alpha value is -1.82. The van der Waals surface area contributed by atoms with E-state index in [4.69, 9.17) is 4.74 Å². The number of aromatic nitrogens is 1. The van der Waals surface area contributed by atoms with Gasteiger partial charge in [0.15, 0.2) is 0 Å². The Bertz CT molecular complexity index is 533. The number of hydrogen-bond acceptors (Lipinski definition) is 4. The Balaban J connectivity index is 2.05. The molecule has 1 aromatic rings. The average Bonchev–Trinajstić information content (AvgIpc) is 2.37. The number of rotatable bonds is 1. The summed E-state index contributed by atoms with van der Waals surface area (Å²) in [7, 11) is 0. The lowest BCUT2D eigenvalue weighted by molar-refractivity contribution is 0.0195. The highest BCUT2D eigenvalue weighted by Crippen LogP contribution is 2.18. The maximum atomic E-state index is 12.1. The molecule has 110 valence electrons. The third-order valence-electron chi connectivity index (χ3n) is 3.03. The number of pyridine rings is 1. The van der Waals surface area contributed by atoms with Crippen molar-refractivity contribution in [3.8, 4) is 0 Å². The molecule has 2 heterocycles. The molecule has 0 radical (unpaired) electrons. The first kappa shape index (κ1) is 14.6. The van der Waals surface area contributed by atoms with Gasteiger partial charge >= 0.3 is 6.09 Å². The van der Waals surface area contributed by atoms with Gasteiger partial charge in [0, 0.05) is 31.9 Å². The minimum absolute atomic E-state index is 0.0430. The smallest absolute Gasteiger partial charge is 0.410 e. The lowest BCUT2D eigenvalue weighted by Crippen LogP contribution is -2.49. The predicted octanol–water partition coefficient (Wildman–Crippen LogP) is 1.26. The first-order chi connectivity index (χ1) is 9.35. The van der Waals surface area contributed by atoms with Gasteiger partial charge in [-0.25, -0.2) is 4.79 Å². The fraction of sp³-hybridized carbons (Fsp3) is 0.571. The molecule has 2 N–H and O–H groups in total. The number of piperazine rings is 1. The van der Waals surface area contributed by atoms with Gasteiger partial charge in [0.2, 0.25) is 5.56 Å². The van der Waals surface area contributed by atoms with E-state index in [0.717, 1.165) is 5.56 Å².